The molecule has 3 aromatic rings. The van der Waals surface area contributed by atoms with Crippen molar-refractivity contribution in [3.8, 4) is 11.3 Å². The Morgan fingerprint density at radius 1 is 1.07 bits per heavy atom. The Bertz CT molecular complexity index is 1120. The van der Waals surface area contributed by atoms with Crippen LogP contribution in [0.2, 0.25) is 0 Å². The molecule has 1 saturated heterocycles. The minimum Gasteiger partial charge on any atom is -0.379 e. The lowest BCUT2D eigenvalue weighted by atomic mass is 9.70. The number of nitrogens with zero attached hydrogens (tertiary/aromatic N) is 4. The van der Waals surface area contributed by atoms with Crippen LogP contribution in [-0.2, 0) is 9.53 Å². The van der Waals surface area contributed by atoms with E-state index in [1.165, 1.54) is 0 Å². The maximum absolute atomic E-state index is 12.3. The molecule has 0 spiro atoms. The van der Waals surface area contributed by atoms with Gasteiger partial charge in [-0.2, -0.15) is 0 Å². The average molecular weight is 389 g/mol. The van der Waals surface area contributed by atoms with E-state index in [4.69, 9.17) is 36.1 Å². The number of fused-ring (bicyclic) bond motifs is 1. The van der Waals surface area contributed by atoms with E-state index in [0.29, 0.717) is 35.8 Å². The summed E-state index contributed by atoms with van der Waals surface area (Å²) < 4.78 is 5.30. The highest BCUT2D eigenvalue weighted by atomic mass is 16.5. The first-order valence-electron chi connectivity index (χ1n) is 9.39. The molecule has 1 amide bonds. The fourth-order valence-electron chi connectivity index (χ4n) is 3.29. The van der Waals surface area contributed by atoms with Crippen molar-refractivity contribution in [1.82, 2.24) is 19.9 Å². The van der Waals surface area contributed by atoms with E-state index in [1.807, 2.05) is 11.0 Å². The summed E-state index contributed by atoms with van der Waals surface area (Å²) in [5, 5.41) is 3.60. The summed E-state index contributed by atoms with van der Waals surface area (Å²) in [6.07, 6.45) is 1.64. The summed E-state index contributed by atoms with van der Waals surface area (Å²) in [5.74, 6) is 0.255. The van der Waals surface area contributed by atoms with Crippen LogP contribution in [-0.4, -0.2) is 90.0 Å². The number of morpholine rings is 1. The van der Waals surface area contributed by atoms with Gasteiger partial charge in [0.25, 0.3) is 0 Å². The Morgan fingerprint density at radius 3 is 2.60 bits per heavy atom. The predicted octanol–water partition coefficient (Wildman–Crippen LogP) is -2.86. The van der Waals surface area contributed by atoms with Gasteiger partial charge in [0, 0.05) is 36.3 Å². The molecule has 0 atom stereocenters. The largest absolute Gasteiger partial charge is 0.379 e. The van der Waals surface area contributed by atoms with E-state index >= 15 is 0 Å². The third kappa shape index (κ3) is 4.27. The van der Waals surface area contributed by atoms with Crippen LogP contribution < -0.4 is 27.4 Å². The van der Waals surface area contributed by atoms with Gasteiger partial charge >= 0.3 is 0 Å². The number of anilines is 1. The molecule has 0 aromatic carbocycles. The van der Waals surface area contributed by atoms with Crippen molar-refractivity contribution in [3.63, 3.8) is 0 Å². The zero-order valence-corrected chi connectivity index (χ0v) is 16.3. The van der Waals surface area contributed by atoms with Gasteiger partial charge in [0.2, 0.25) is 5.91 Å². The molecule has 11 heteroatoms. The minimum absolute atomic E-state index is 0.0732. The number of carbonyl (C=O) groups excluding carboxylic acids is 1. The smallest absolute Gasteiger partial charge is 0.239 e. The van der Waals surface area contributed by atoms with Crippen LogP contribution in [0.4, 0.5) is 5.82 Å². The molecule has 0 bridgehead atoms. The summed E-state index contributed by atoms with van der Waals surface area (Å²) in [5.41, 5.74) is 2.11. The lowest BCUT2D eigenvalue weighted by molar-refractivity contribution is -0.118. The van der Waals surface area contributed by atoms with E-state index in [-0.39, 0.29) is 34.6 Å². The summed E-state index contributed by atoms with van der Waals surface area (Å²) in [6, 6.07) is 5.27. The monoisotopic (exact) mass is 389 g/mol. The quantitative estimate of drug-likeness (QED) is 0.484. The number of hydrogen-bond acceptors (Lipinski definition) is 6. The van der Waals surface area contributed by atoms with Gasteiger partial charge in [0.15, 0.2) is 0 Å². The maximum atomic E-state index is 12.3. The number of carbonyl (C=O) groups is 1. The minimum atomic E-state index is -0.149. The predicted molar refractivity (Wildman–Crippen MR) is 120 cm³/mol. The molecule has 140 valence electrons. The van der Waals surface area contributed by atoms with Crippen LogP contribution in [0.15, 0.2) is 24.4 Å². The van der Waals surface area contributed by atoms with Gasteiger partial charge in [-0.3, -0.25) is 14.7 Å². The lowest BCUT2D eigenvalue weighted by Crippen LogP contribution is -2.47. The van der Waals surface area contributed by atoms with Gasteiger partial charge in [-0.05, 0) is 23.3 Å². The fraction of sp³-hybridized carbons (Fsp3) is 0.263. The first kappa shape index (κ1) is 20.6. The molecule has 4 rings (SSSR count). The van der Waals surface area contributed by atoms with Crippen LogP contribution in [0.3, 0.4) is 0 Å². The second kappa shape index (κ2) is 8.61. The van der Waals surface area contributed by atoms with Gasteiger partial charge in [-0.1, -0.05) is 10.9 Å². The van der Waals surface area contributed by atoms with Crippen LogP contribution in [0.25, 0.3) is 22.2 Å². The molecule has 7 nitrogen and oxygen atoms in total. The SMILES string of the molecule is [B]c1nc([B])c(-c2ccc3cnc(NC(=O)CN4CCOCC4)cc3n2)c([B])c1[B]. The number of aromatic nitrogens is 3. The van der Waals surface area contributed by atoms with Crippen molar-refractivity contribution >= 4 is 76.1 Å². The van der Waals surface area contributed by atoms with Crippen LogP contribution in [0, 0.1) is 0 Å². The third-order valence-corrected chi connectivity index (χ3v) is 4.90. The van der Waals surface area contributed by atoms with Gasteiger partial charge in [-0.15, -0.1) is 0 Å². The number of ether oxygens (including phenoxy) is 1. The topological polar surface area (TPSA) is 80.2 Å². The number of nitrogens with one attached hydrogen (secondary N) is 1. The van der Waals surface area contributed by atoms with Crippen LogP contribution in [0.5, 0.6) is 0 Å². The van der Waals surface area contributed by atoms with Crippen molar-refractivity contribution in [1.29, 1.82) is 0 Å². The standard InChI is InChI=1S/C19H15B4N5O2/c20-16-15(18(22)27-19(23)17(16)21)11-2-1-10-8-24-13(7-12(10)25-11)26-14(29)9-28-3-5-30-6-4-28/h1-2,7-8H,3-6,9H2,(H,24,26,29). The van der Waals surface area contributed by atoms with E-state index in [1.54, 1.807) is 18.3 Å². The highest BCUT2D eigenvalue weighted by Crippen LogP contribution is 2.19. The zero-order valence-electron chi connectivity index (χ0n) is 16.3. The van der Waals surface area contributed by atoms with Crippen molar-refractivity contribution in [2.24, 2.45) is 0 Å². The second-order valence-electron chi connectivity index (χ2n) is 6.98. The molecule has 1 aliphatic rings. The Kier molecular flexibility index (Phi) is 5.92. The van der Waals surface area contributed by atoms with E-state index in [2.05, 4.69) is 20.3 Å². The Hall–Kier alpha value is -2.64. The molecule has 0 aliphatic carbocycles. The molecular formula is C19H15B4N5O2. The first-order valence-corrected chi connectivity index (χ1v) is 9.39. The molecule has 30 heavy (non-hydrogen) atoms. The second-order valence-corrected chi connectivity index (χ2v) is 6.98. The summed E-state index contributed by atoms with van der Waals surface area (Å²) >= 11 is 0. The third-order valence-electron chi connectivity index (χ3n) is 4.90. The normalized spacial score (nSPS) is 14.7. The van der Waals surface area contributed by atoms with Gasteiger partial charge in [0.1, 0.15) is 37.2 Å². The number of rotatable bonds is 4. The molecule has 1 N–H and O–H groups in total. The fourth-order valence-corrected chi connectivity index (χ4v) is 3.29. The Labute approximate surface area is 179 Å². The molecule has 4 heterocycles. The molecule has 0 unspecified atom stereocenters. The molecule has 1 fully saturated rings. The van der Waals surface area contributed by atoms with Crippen molar-refractivity contribution in [3.05, 3.63) is 24.4 Å². The highest BCUT2D eigenvalue weighted by Gasteiger charge is 2.15. The summed E-state index contributed by atoms with van der Waals surface area (Å²) in [4.78, 5) is 27.3. The molecule has 8 radical (unpaired) electrons. The molecular weight excluding hydrogens is 373 g/mol. The van der Waals surface area contributed by atoms with Crippen LogP contribution >= 0.6 is 0 Å². The highest BCUT2D eigenvalue weighted by molar-refractivity contribution is 6.59. The zero-order chi connectivity index (χ0) is 21.3. The first-order chi connectivity index (χ1) is 14.4. The molecule has 3 aromatic heterocycles. The maximum Gasteiger partial charge on any atom is 0.239 e. The number of amides is 1. The van der Waals surface area contributed by atoms with E-state index in [9.17, 15) is 4.79 Å². The summed E-state index contributed by atoms with van der Waals surface area (Å²) in [7, 11) is 23.7. The van der Waals surface area contributed by atoms with E-state index < -0.39 is 0 Å². The number of pyridine rings is 3. The van der Waals surface area contributed by atoms with Crippen molar-refractivity contribution in [2.75, 3.05) is 38.2 Å². The van der Waals surface area contributed by atoms with E-state index in [0.717, 1.165) is 18.5 Å². The Morgan fingerprint density at radius 2 is 1.83 bits per heavy atom. The van der Waals surface area contributed by atoms with Gasteiger partial charge in [-0.25, -0.2) is 9.97 Å². The Balaban J connectivity index is 1.60. The number of hydrogen-bond donors (Lipinski definition) is 1. The molecule has 0 saturated carbocycles. The van der Waals surface area contributed by atoms with Crippen molar-refractivity contribution < 1.29 is 9.53 Å². The van der Waals surface area contributed by atoms with Gasteiger partial charge < -0.3 is 10.1 Å². The van der Waals surface area contributed by atoms with Gasteiger partial charge in [0.05, 0.1) is 31.0 Å². The average Bonchev–Trinajstić information content (AvgIpc) is 2.72. The summed E-state index contributed by atoms with van der Waals surface area (Å²) in [6.45, 7) is 2.99. The van der Waals surface area contributed by atoms with Crippen molar-refractivity contribution in [2.45, 2.75) is 0 Å². The molecule has 1 aliphatic heterocycles. The van der Waals surface area contributed by atoms with Crippen LogP contribution in [0.1, 0.15) is 0 Å². The lowest BCUT2D eigenvalue weighted by Gasteiger charge is -2.25.